The first-order valence-corrected chi connectivity index (χ1v) is 8.90. The van der Waals surface area contributed by atoms with E-state index in [1.165, 1.54) is 16.4 Å². The van der Waals surface area contributed by atoms with Gasteiger partial charge in [0.25, 0.3) is 0 Å². The summed E-state index contributed by atoms with van der Waals surface area (Å²) in [5.74, 6) is -0.791. The van der Waals surface area contributed by atoms with Crippen molar-refractivity contribution in [3.8, 4) is 0 Å². The van der Waals surface area contributed by atoms with Gasteiger partial charge in [-0.15, -0.1) is 0 Å². The van der Waals surface area contributed by atoms with Crippen LogP contribution in [0.3, 0.4) is 0 Å². The van der Waals surface area contributed by atoms with Gasteiger partial charge in [0.05, 0.1) is 10.9 Å². The molecule has 22 heavy (non-hydrogen) atoms. The Morgan fingerprint density at radius 2 is 1.95 bits per heavy atom. The Labute approximate surface area is 136 Å². The van der Waals surface area contributed by atoms with Crippen molar-refractivity contribution in [2.24, 2.45) is 5.92 Å². The molecule has 0 aliphatic carbocycles. The fourth-order valence-corrected chi connectivity index (χ4v) is 4.31. The molecule has 1 aliphatic rings. The van der Waals surface area contributed by atoms with Gasteiger partial charge >= 0.3 is 5.97 Å². The molecule has 0 N–H and O–H groups in total. The molecule has 1 atom stereocenters. The fourth-order valence-electron chi connectivity index (χ4n) is 2.32. The molecule has 1 heterocycles. The monoisotopic (exact) mass is 345 g/mol. The lowest BCUT2D eigenvalue weighted by Crippen LogP contribution is -2.33. The zero-order chi connectivity index (χ0) is 16.5. The molecule has 0 bridgehead atoms. The van der Waals surface area contributed by atoms with E-state index in [9.17, 15) is 13.2 Å². The molecule has 1 aromatic carbocycles. The third-order valence-electron chi connectivity index (χ3n) is 3.35. The zero-order valence-electron chi connectivity index (χ0n) is 12.9. The molecular weight excluding hydrogens is 326 g/mol. The van der Waals surface area contributed by atoms with E-state index < -0.39 is 21.5 Å². The van der Waals surface area contributed by atoms with Crippen molar-refractivity contribution in [3.05, 3.63) is 29.3 Å². The molecule has 0 saturated carbocycles. The van der Waals surface area contributed by atoms with Crippen molar-refractivity contribution in [2.45, 2.75) is 37.7 Å². The average molecular weight is 346 g/mol. The van der Waals surface area contributed by atoms with E-state index >= 15 is 0 Å². The second-order valence-corrected chi connectivity index (χ2v) is 8.63. The molecule has 0 unspecified atom stereocenters. The minimum atomic E-state index is -3.69. The van der Waals surface area contributed by atoms with Crippen LogP contribution in [-0.4, -0.2) is 37.4 Å². The summed E-state index contributed by atoms with van der Waals surface area (Å²) in [6.45, 7) is 5.79. The minimum Gasteiger partial charge on any atom is -0.460 e. The van der Waals surface area contributed by atoms with E-state index in [4.69, 9.17) is 16.3 Å². The normalized spacial score (nSPS) is 20.1. The number of benzene rings is 1. The quantitative estimate of drug-likeness (QED) is 0.790. The van der Waals surface area contributed by atoms with Crippen LogP contribution in [0, 0.1) is 5.92 Å². The lowest BCUT2D eigenvalue weighted by atomic mass is 10.1. The summed E-state index contributed by atoms with van der Waals surface area (Å²) in [4.78, 5) is 12.1. The topological polar surface area (TPSA) is 63.7 Å². The zero-order valence-corrected chi connectivity index (χ0v) is 14.4. The average Bonchev–Trinajstić information content (AvgIpc) is 2.87. The van der Waals surface area contributed by atoms with Crippen molar-refractivity contribution < 1.29 is 17.9 Å². The first-order valence-electron chi connectivity index (χ1n) is 7.09. The molecule has 1 fully saturated rings. The maximum absolute atomic E-state index is 12.6. The summed E-state index contributed by atoms with van der Waals surface area (Å²) in [6, 6.07) is 6.31. The van der Waals surface area contributed by atoms with Gasteiger partial charge in [0.1, 0.15) is 10.5 Å². The highest BCUT2D eigenvalue weighted by Crippen LogP contribution is 2.29. The molecule has 0 spiro atoms. The summed E-state index contributed by atoms with van der Waals surface area (Å²) in [5, 5.41) is 0.184. The number of rotatable bonds is 3. The first kappa shape index (κ1) is 17.2. The Kier molecular flexibility index (Phi) is 4.84. The third-order valence-corrected chi connectivity index (χ3v) is 5.71. The van der Waals surface area contributed by atoms with Gasteiger partial charge in [-0.05, 0) is 39.3 Å². The summed E-state index contributed by atoms with van der Waals surface area (Å²) < 4.78 is 31.8. The van der Waals surface area contributed by atoms with Gasteiger partial charge in [0.15, 0.2) is 0 Å². The predicted octanol–water partition coefficient (Wildman–Crippen LogP) is 2.69. The third kappa shape index (κ3) is 3.80. The van der Waals surface area contributed by atoms with Crippen LogP contribution in [0.15, 0.2) is 29.2 Å². The van der Waals surface area contributed by atoms with Gasteiger partial charge < -0.3 is 4.74 Å². The highest BCUT2D eigenvalue weighted by Gasteiger charge is 2.38. The van der Waals surface area contributed by atoms with Crippen molar-refractivity contribution in [1.29, 1.82) is 0 Å². The lowest BCUT2D eigenvalue weighted by Gasteiger charge is -2.22. The second kappa shape index (κ2) is 6.18. The summed E-state index contributed by atoms with van der Waals surface area (Å²) >= 11 is 5.98. The Bertz CT molecular complexity index is 666. The number of halogens is 1. The molecule has 1 aromatic rings. The van der Waals surface area contributed by atoms with Crippen LogP contribution in [0.5, 0.6) is 0 Å². The standard InChI is InChI=1S/C15H20ClNO4S/c1-15(2,3)21-14(18)11-8-9-17(10-11)22(19,20)13-7-5-4-6-12(13)16/h4-7,11H,8-10H2,1-3H3/t11-/m1/s1. The molecule has 0 radical (unpaired) electrons. The molecule has 0 aromatic heterocycles. The van der Waals surface area contributed by atoms with Crippen molar-refractivity contribution in [3.63, 3.8) is 0 Å². The van der Waals surface area contributed by atoms with Crippen LogP contribution >= 0.6 is 11.6 Å². The van der Waals surface area contributed by atoms with E-state index in [0.29, 0.717) is 6.42 Å². The molecule has 122 valence electrons. The van der Waals surface area contributed by atoms with Crippen LogP contribution in [0.25, 0.3) is 0 Å². The molecule has 1 saturated heterocycles. The molecule has 0 amide bonds. The highest BCUT2D eigenvalue weighted by atomic mass is 35.5. The number of carbonyl (C=O) groups is 1. The Balaban J connectivity index is 2.13. The largest absolute Gasteiger partial charge is 0.460 e. The van der Waals surface area contributed by atoms with Crippen LogP contribution in [0.1, 0.15) is 27.2 Å². The summed E-state index contributed by atoms with van der Waals surface area (Å²) in [7, 11) is -3.69. The number of esters is 1. The summed E-state index contributed by atoms with van der Waals surface area (Å²) in [5.41, 5.74) is -0.577. The van der Waals surface area contributed by atoms with Gasteiger partial charge in [0, 0.05) is 13.1 Å². The maximum Gasteiger partial charge on any atom is 0.310 e. The highest BCUT2D eigenvalue weighted by molar-refractivity contribution is 7.89. The summed E-state index contributed by atoms with van der Waals surface area (Å²) in [6.07, 6.45) is 0.457. The number of carbonyl (C=O) groups excluding carboxylic acids is 1. The first-order chi connectivity index (χ1) is 10.1. The lowest BCUT2D eigenvalue weighted by molar-refractivity contribution is -0.159. The van der Waals surface area contributed by atoms with Crippen LogP contribution < -0.4 is 0 Å². The molecular formula is C15H20ClNO4S. The number of hydrogen-bond acceptors (Lipinski definition) is 4. The Hall–Kier alpha value is -1.11. The molecule has 1 aliphatic heterocycles. The second-order valence-electron chi connectivity index (χ2n) is 6.31. The number of sulfonamides is 1. The van der Waals surface area contributed by atoms with Crippen molar-refractivity contribution in [2.75, 3.05) is 13.1 Å². The number of hydrogen-bond donors (Lipinski definition) is 0. The van der Waals surface area contributed by atoms with Crippen LogP contribution in [-0.2, 0) is 19.6 Å². The van der Waals surface area contributed by atoms with Gasteiger partial charge in [-0.3, -0.25) is 4.79 Å². The van der Waals surface area contributed by atoms with E-state index in [-0.39, 0.29) is 29.0 Å². The van der Waals surface area contributed by atoms with E-state index in [1.54, 1.807) is 32.9 Å². The maximum atomic E-state index is 12.6. The Morgan fingerprint density at radius 3 is 2.55 bits per heavy atom. The smallest absolute Gasteiger partial charge is 0.310 e. The van der Waals surface area contributed by atoms with E-state index in [0.717, 1.165) is 0 Å². The van der Waals surface area contributed by atoms with Crippen LogP contribution in [0.4, 0.5) is 0 Å². The van der Waals surface area contributed by atoms with Crippen LogP contribution in [0.2, 0.25) is 5.02 Å². The SMILES string of the molecule is CC(C)(C)OC(=O)[C@@H]1CCN(S(=O)(=O)c2ccccc2Cl)C1. The van der Waals surface area contributed by atoms with Gasteiger partial charge in [-0.25, -0.2) is 8.42 Å². The Morgan fingerprint density at radius 1 is 1.32 bits per heavy atom. The number of ether oxygens (including phenoxy) is 1. The van der Waals surface area contributed by atoms with Crippen molar-refractivity contribution in [1.82, 2.24) is 4.31 Å². The van der Waals surface area contributed by atoms with Gasteiger partial charge in [-0.2, -0.15) is 4.31 Å². The van der Waals surface area contributed by atoms with Gasteiger partial charge in [0.2, 0.25) is 10.0 Å². The van der Waals surface area contributed by atoms with Gasteiger partial charge in [-0.1, -0.05) is 23.7 Å². The fraction of sp³-hybridized carbons (Fsp3) is 0.533. The number of nitrogens with zero attached hydrogens (tertiary/aromatic N) is 1. The van der Waals surface area contributed by atoms with E-state index in [2.05, 4.69) is 0 Å². The molecule has 5 nitrogen and oxygen atoms in total. The van der Waals surface area contributed by atoms with Crippen molar-refractivity contribution >= 4 is 27.6 Å². The minimum absolute atomic E-state index is 0.0708. The molecule has 7 heteroatoms. The molecule has 2 rings (SSSR count). The predicted molar refractivity (Wildman–Crippen MR) is 84.2 cm³/mol. The van der Waals surface area contributed by atoms with E-state index in [1.807, 2.05) is 0 Å².